The van der Waals surface area contributed by atoms with Crippen LogP contribution in [0, 0.1) is 0 Å². The Kier molecular flexibility index (Phi) is 4.63. The first kappa shape index (κ1) is 18.6. The number of piperidine rings is 1. The van der Waals surface area contributed by atoms with Crippen molar-refractivity contribution in [2.45, 2.75) is 24.9 Å². The van der Waals surface area contributed by atoms with Gasteiger partial charge in [-0.2, -0.15) is 0 Å². The molecule has 3 heterocycles. The number of benzene rings is 2. The number of fused-ring (bicyclic) bond motifs is 2. The summed E-state index contributed by atoms with van der Waals surface area (Å²) >= 11 is 0. The van der Waals surface area contributed by atoms with Crippen molar-refractivity contribution in [2.75, 3.05) is 25.5 Å². The number of H-pyrrole nitrogens is 1. The van der Waals surface area contributed by atoms with E-state index < -0.39 is 0 Å². The second-order valence-corrected chi connectivity index (χ2v) is 7.88. The van der Waals surface area contributed by atoms with Crippen LogP contribution in [0.2, 0.25) is 0 Å². The number of rotatable bonds is 3. The lowest BCUT2D eigenvalue weighted by atomic mass is 9.96. The zero-order chi connectivity index (χ0) is 20.7. The minimum atomic E-state index is -0.218. The highest BCUT2D eigenvalue weighted by atomic mass is 16.5. The molecule has 8 nitrogen and oxygen atoms in total. The number of amides is 2. The van der Waals surface area contributed by atoms with E-state index in [0.717, 1.165) is 36.2 Å². The van der Waals surface area contributed by atoms with Gasteiger partial charge in [0.1, 0.15) is 11.6 Å². The highest BCUT2D eigenvalue weighted by molar-refractivity contribution is 6.00. The Morgan fingerprint density at radius 2 is 2.13 bits per heavy atom. The molecule has 1 fully saturated rings. The van der Waals surface area contributed by atoms with Crippen molar-refractivity contribution in [3.05, 3.63) is 53.9 Å². The van der Waals surface area contributed by atoms with E-state index in [1.54, 1.807) is 18.2 Å². The van der Waals surface area contributed by atoms with Gasteiger partial charge in [0, 0.05) is 18.2 Å². The van der Waals surface area contributed by atoms with Crippen molar-refractivity contribution < 1.29 is 14.3 Å². The minimum Gasteiger partial charge on any atom is -0.482 e. The van der Waals surface area contributed by atoms with Gasteiger partial charge < -0.3 is 20.4 Å². The molecule has 8 heteroatoms. The molecule has 3 aromatic rings. The largest absolute Gasteiger partial charge is 0.482 e. The molecule has 2 aliphatic heterocycles. The van der Waals surface area contributed by atoms with Crippen LogP contribution >= 0.6 is 0 Å². The van der Waals surface area contributed by atoms with Gasteiger partial charge in [-0.3, -0.25) is 14.5 Å². The molecule has 30 heavy (non-hydrogen) atoms. The average Bonchev–Trinajstić information content (AvgIpc) is 3.18. The summed E-state index contributed by atoms with van der Waals surface area (Å²) in [6.45, 7) is 0.859. The average molecular weight is 405 g/mol. The van der Waals surface area contributed by atoms with Crippen LogP contribution in [0.5, 0.6) is 5.75 Å². The predicted molar refractivity (Wildman–Crippen MR) is 113 cm³/mol. The van der Waals surface area contributed by atoms with Gasteiger partial charge in [-0.1, -0.05) is 12.1 Å². The fraction of sp³-hybridized carbons (Fsp3) is 0.318. The third kappa shape index (κ3) is 3.50. The van der Waals surface area contributed by atoms with Crippen LogP contribution in [-0.2, 0) is 4.79 Å². The molecule has 5 rings (SSSR count). The van der Waals surface area contributed by atoms with Crippen LogP contribution < -0.4 is 15.4 Å². The monoisotopic (exact) mass is 405 g/mol. The summed E-state index contributed by atoms with van der Waals surface area (Å²) < 4.78 is 5.36. The SMILES string of the molecule is CN1CC[C@@H](NC(=O)c2ccc3c(c2)NC(=O)CO3)C[C@@H]1c1nc2ccccc2[nH]1. The van der Waals surface area contributed by atoms with E-state index in [0.29, 0.717) is 17.0 Å². The number of ether oxygens (including phenoxy) is 1. The summed E-state index contributed by atoms with van der Waals surface area (Å²) in [6, 6.07) is 13.2. The number of para-hydroxylation sites is 2. The molecular formula is C22H23N5O3. The van der Waals surface area contributed by atoms with Crippen LogP contribution in [0.1, 0.15) is 35.1 Å². The molecule has 2 amide bonds. The lowest BCUT2D eigenvalue weighted by Gasteiger charge is -2.36. The maximum absolute atomic E-state index is 12.8. The Balaban J connectivity index is 1.31. The minimum absolute atomic E-state index is 0.00267. The van der Waals surface area contributed by atoms with Crippen molar-refractivity contribution in [3.8, 4) is 5.75 Å². The number of likely N-dealkylation sites (tertiary alicyclic amines) is 1. The number of aromatic nitrogens is 2. The van der Waals surface area contributed by atoms with Gasteiger partial charge in [0.25, 0.3) is 11.8 Å². The van der Waals surface area contributed by atoms with Crippen LogP contribution in [0.3, 0.4) is 0 Å². The van der Waals surface area contributed by atoms with E-state index in [1.165, 1.54) is 0 Å². The number of aromatic amines is 1. The van der Waals surface area contributed by atoms with Gasteiger partial charge in [0.05, 0.1) is 22.8 Å². The molecular weight excluding hydrogens is 382 g/mol. The summed E-state index contributed by atoms with van der Waals surface area (Å²) in [4.78, 5) is 34.8. The molecule has 1 aromatic heterocycles. The summed E-state index contributed by atoms with van der Waals surface area (Å²) in [6.07, 6.45) is 1.64. The van der Waals surface area contributed by atoms with Crippen LogP contribution in [0.4, 0.5) is 5.69 Å². The fourth-order valence-corrected chi connectivity index (χ4v) is 4.16. The summed E-state index contributed by atoms with van der Waals surface area (Å²) in [5.41, 5.74) is 3.00. The zero-order valence-electron chi connectivity index (χ0n) is 16.6. The van der Waals surface area contributed by atoms with Crippen molar-refractivity contribution in [2.24, 2.45) is 0 Å². The molecule has 3 N–H and O–H groups in total. The number of nitrogens with one attached hydrogen (secondary N) is 3. The number of anilines is 1. The van der Waals surface area contributed by atoms with E-state index in [2.05, 4.69) is 27.6 Å². The van der Waals surface area contributed by atoms with Crippen molar-refractivity contribution in [1.29, 1.82) is 0 Å². The Bertz CT molecular complexity index is 1090. The van der Waals surface area contributed by atoms with Crippen molar-refractivity contribution in [3.63, 3.8) is 0 Å². The van der Waals surface area contributed by atoms with Crippen LogP contribution in [-0.4, -0.2) is 52.9 Å². The fourth-order valence-electron chi connectivity index (χ4n) is 4.16. The first-order chi connectivity index (χ1) is 14.6. The molecule has 0 spiro atoms. The zero-order valence-corrected chi connectivity index (χ0v) is 16.6. The Morgan fingerprint density at radius 3 is 3.00 bits per heavy atom. The smallest absolute Gasteiger partial charge is 0.262 e. The van der Waals surface area contributed by atoms with Crippen molar-refractivity contribution in [1.82, 2.24) is 20.2 Å². The topological polar surface area (TPSA) is 99.3 Å². The number of imidazole rings is 1. The number of hydrogen-bond acceptors (Lipinski definition) is 5. The number of hydrogen-bond donors (Lipinski definition) is 3. The van der Waals surface area contributed by atoms with E-state index in [1.807, 2.05) is 24.3 Å². The van der Waals surface area contributed by atoms with Crippen LogP contribution in [0.25, 0.3) is 11.0 Å². The molecule has 0 unspecified atom stereocenters. The van der Waals surface area contributed by atoms with E-state index in [9.17, 15) is 9.59 Å². The number of carbonyl (C=O) groups is 2. The van der Waals surface area contributed by atoms with E-state index in [4.69, 9.17) is 9.72 Å². The van der Waals surface area contributed by atoms with Gasteiger partial charge in [0.2, 0.25) is 0 Å². The van der Waals surface area contributed by atoms with E-state index in [-0.39, 0.29) is 30.5 Å². The third-order valence-corrected chi connectivity index (χ3v) is 5.80. The second-order valence-electron chi connectivity index (χ2n) is 7.88. The summed E-state index contributed by atoms with van der Waals surface area (Å²) in [7, 11) is 2.09. The molecule has 0 saturated carbocycles. The van der Waals surface area contributed by atoms with Gasteiger partial charge >= 0.3 is 0 Å². The molecule has 1 saturated heterocycles. The molecule has 2 aromatic carbocycles. The Labute approximate surface area is 173 Å². The van der Waals surface area contributed by atoms with Gasteiger partial charge in [0.15, 0.2) is 6.61 Å². The van der Waals surface area contributed by atoms with Gasteiger partial charge in [-0.05, 0) is 50.2 Å². The summed E-state index contributed by atoms with van der Waals surface area (Å²) in [5, 5.41) is 5.89. The number of carbonyl (C=O) groups excluding carboxylic acids is 2. The molecule has 0 aliphatic carbocycles. The van der Waals surface area contributed by atoms with E-state index >= 15 is 0 Å². The van der Waals surface area contributed by atoms with Gasteiger partial charge in [-0.25, -0.2) is 4.98 Å². The van der Waals surface area contributed by atoms with Crippen LogP contribution in [0.15, 0.2) is 42.5 Å². The molecule has 2 aliphatic rings. The molecule has 0 bridgehead atoms. The maximum Gasteiger partial charge on any atom is 0.262 e. The third-order valence-electron chi connectivity index (χ3n) is 5.80. The Hall–Kier alpha value is -3.39. The first-order valence-corrected chi connectivity index (χ1v) is 10.1. The van der Waals surface area contributed by atoms with Gasteiger partial charge in [-0.15, -0.1) is 0 Å². The lowest BCUT2D eigenvalue weighted by Crippen LogP contribution is -2.45. The normalized spacial score (nSPS) is 21.6. The number of nitrogens with zero attached hydrogens (tertiary/aromatic N) is 2. The lowest BCUT2D eigenvalue weighted by molar-refractivity contribution is -0.118. The highest BCUT2D eigenvalue weighted by Crippen LogP contribution is 2.31. The molecule has 2 atom stereocenters. The molecule has 154 valence electrons. The second kappa shape index (κ2) is 7.46. The quantitative estimate of drug-likeness (QED) is 0.622. The predicted octanol–water partition coefficient (Wildman–Crippen LogP) is 2.46. The first-order valence-electron chi connectivity index (χ1n) is 10.1. The standard InChI is InChI=1S/C22H23N5O3/c1-27-9-8-14(11-18(27)21-25-15-4-2-3-5-16(15)26-21)23-22(29)13-6-7-19-17(10-13)24-20(28)12-30-19/h2-7,10,14,18H,8-9,11-12H2,1H3,(H,23,29)(H,24,28)(H,25,26)/t14-,18-/m1/s1. The summed E-state index contributed by atoms with van der Waals surface area (Å²) in [5.74, 6) is 1.13. The Morgan fingerprint density at radius 1 is 1.27 bits per heavy atom. The van der Waals surface area contributed by atoms with Crippen molar-refractivity contribution >= 4 is 28.5 Å². The highest BCUT2D eigenvalue weighted by Gasteiger charge is 2.30. The maximum atomic E-state index is 12.8. The molecule has 0 radical (unpaired) electrons.